The normalized spacial score (nSPS) is 20.2. The second kappa shape index (κ2) is 13.2. The third-order valence-electron chi connectivity index (χ3n) is 7.89. The summed E-state index contributed by atoms with van der Waals surface area (Å²) in [4.78, 5) is 35.6. The van der Waals surface area contributed by atoms with Crippen molar-refractivity contribution in [1.29, 1.82) is 0 Å². The number of hydrogen-bond donors (Lipinski definition) is 2. The third kappa shape index (κ3) is 6.01. The lowest BCUT2D eigenvalue weighted by Gasteiger charge is -2.52. The molecule has 2 fully saturated rings. The van der Waals surface area contributed by atoms with Crippen molar-refractivity contribution in [3.05, 3.63) is 41.3 Å². The van der Waals surface area contributed by atoms with Gasteiger partial charge in [-0.2, -0.15) is 5.10 Å². The average Bonchev–Trinajstić information content (AvgIpc) is 3.15. The molecule has 0 unspecified atom stereocenters. The Balaban J connectivity index is 0.00000253. The summed E-state index contributed by atoms with van der Waals surface area (Å²) in [5, 5.41) is 18.3. The van der Waals surface area contributed by atoms with E-state index >= 15 is 0 Å². The number of nitrogens with zero attached hydrogens (tertiary/aromatic N) is 5. The Morgan fingerprint density at radius 1 is 1.16 bits per heavy atom. The molecule has 2 aliphatic rings. The van der Waals surface area contributed by atoms with Crippen molar-refractivity contribution < 1.29 is 14.7 Å². The van der Waals surface area contributed by atoms with Crippen LogP contribution in [0, 0.1) is 19.8 Å². The molecule has 1 spiro atoms. The summed E-state index contributed by atoms with van der Waals surface area (Å²) in [5.41, 5.74) is 2.35. The molecule has 2 aromatic rings. The molecule has 0 radical (unpaired) electrons. The number of piperidine rings is 1. The molecular weight excluding hydrogens is 527 g/mol. The van der Waals surface area contributed by atoms with E-state index in [1.165, 1.54) is 5.56 Å². The molecule has 4 heterocycles. The van der Waals surface area contributed by atoms with E-state index in [4.69, 9.17) is 5.10 Å². The molecule has 2 aliphatic heterocycles. The fourth-order valence-corrected chi connectivity index (χ4v) is 5.50. The quantitative estimate of drug-likeness (QED) is 0.506. The molecule has 4 rings (SSSR count). The van der Waals surface area contributed by atoms with Gasteiger partial charge in [0.15, 0.2) is 5.82 Å². The molecule has 2 N–H and O–H groups in total. The van der Waals surface area contributed by atoms with E-state index in [0.29, 0.717) is 32.5 Å². The zero-order valence-corrected chi connectivity index (χ0v) is 24.6. The minimum atomic E-state index is -0.899. The third-order valence-corrected chi connectivity index (χ3v) is 7.89. The Kier molecular flexibility index (Phi) is 11.2. The Morgan fingerprint density at radius 3 is 2.42 bits per heavy atom. The van der Waals surface area contributed by atoms with Crippen molar-refractivity contribution in [3.8, 4) is 5.82 Å². The van der Waals surface area contributed by atoms with Crippen molar-refractivity contribution >= 4 is 36.6 Å². The molecular formula is C27H42Cl2N6O3. The molecule has 38 heavy (non-hydrogen) atoms. The first-order valence-electron chi connectivity index (χ1n) is 13.2. The van der Waals surface area contributed by atoms with Crippen LogP contribution >= 0.6 is 24.8 Å². The monoisotopic (exact) mass is 568 g/mol. The predicted octanol–water partition coefficient (Wildman–Crippen LogP) is 3.21. The van der Waals surface area contributed by atoms with Crippen LogP contribution in [0.5, 0.6) is 0 Å². The lowest BCUT2D eigenvalue weighted by atomic mass is 9.80. The number of pyridine rings is 1. The molecule has 0 aliphatic carbocycles. The number of aliphatic hydroxyl groups excluding tert-OH is 1. The smallest absolute Gasteiger partial charge is 0.248 e. The molecule has 0 aromatic carbocycles. The first-order valence-corrected chi connectivity index (χ1v) is 13.2. The van der Waals surface area contributed by atoms with Crippen molar-refractivity contribution in [3.63, 3.8) is 0 Å². The highest BCUT2D eigenvalue weighted by molar-refractivity contribution is 6.00. The highest BCUT2D eigenvalue weighted by Gasteiger charge is 2.54. The first-order chi connectivity index (χ1) is 17.2. The lowest BCUT2D eigenvalue weighted by Crippen LogP contribution is -2.74. The van der Waals surface area contributed by atoms with Gasteiger partial charge in [0, 0.05) is 43.6 Å². The van der Waals surface area contributed by atoms with Crippen LogP contribution in [0.4, 0.5) is 0 Å². The molecule has 2 aromatic heterocycles. The van der Waals surface area contributed by atoms with Gasteiger partial charge in [0.25, 0.3) is 0 Å². The maximum atomic E-state index is 13.5. The van der Waals surface area contributed by atoms with Gasteiger partial charge in [-0.15, -0.1) is 24.8 Å². The van der Waals surface area contributed by atoms with E-state index in [1.807, 2.05) is 43.7 Å². The van der Waals surface area contributed by atoms with Crippen LogP contribution in [-0.4, -0.2) is 78.8 Å². The van der Waals surface area contributed by atoms with Crippen LogP contribution in [0.25, 0.3) is 5.82 Å². The number of aryl methyl sites for hydroxylation is 1. The second-order valence-corrected chi connectivity index (χ2v) is 10.6. The maximum absolute atomic E-state index is 13.5. The Hall–Kier alpha value is -2.20. The van der Waals surface area contributed by atoms with Gasteiger partial charge in [-0.05, 0) is 51.2 Å². The van der Waals surface area contributed by atoms with Crippen LogP contribution in [-0.2, 0) is 16.1 Å². The second-order valence-electron chi connectivity index (χ2n) is 10.6. The molecule has 11 heteroatoms. The number of likely N-dealkylation sites (tertiary alicyclic amines) is 1. The predicted molar refractivity (Wildman–Crippen MR) is 152 cm³/mol. The molecule has 9 nitrogen and oxygen atoms in total. The minimum Gasteiger partial charge on any atom is -0.390 e. The number of hydrogen-bond acceptors (Lipinski definition) is 6. The van der Waals surface area contributed by atoms with E-state index < -0.39 is 17.7 Å². The van der Waals surface area contributed by atoms with E-state index in [-0.39, 0.29) is 42.5 Å². The van der Waals surface area contributed by atoms with Crippen molar-refractivity contribution in [1.82, 2.24) is 29.9 Å². The molecule has 0 bridgehead atoms. The molecule has 212 valence electrons. The molecule has 2 atom stereocenters. The van der Waals surface area contributed by atoms with Crippen LogP contribution in [0.1, 0.15) is 63.4 Å². The van der Waals surface area contributed by atoms with E-state index in [0.717, 1.165) is 36.6 Å². The summed E-state index contributed by atoms with van der Waals surface area (Å²) in [6.45, 7) is 12.6. The van der Waals surface area contributed by atoms with E-state index in [2.05, 4.69) is 29.0 Å². The summed E-state index contributed by atoms with van der Waals surface area (Å²) >= 11 is 0. The molecule has 0 saturated carbocycles. The van der Waals surface area contributed by atoms with Crippen LogP contribution in [0.3, 0.4) is 0 Å². The van der Waals surface area contributed by atoms with Crippen LogP contribution in [0.15, 0.2) is 24.4 Å². The molecule has 2 saturated heterocycles. The van der Waals surface area contributed by atoms with Crippen molar-refractivity contribution in [2.75, 3.05) is 19.6 Å². The Morgan fingerprint density at radius 2 is 1.84 bits per heavy atom. The van der Waals surface area contributed by atoms with Gasteiger partial charge in [0.2, 0.25) is 11.8 Å². The lowest BCUT2D eigenvalue weighted by molar-refractivity contribution is -0.165. The van der Waals surface area contributed by atoms with Crippen LogP contribution in [0.2, 0.25) is 0 Å². The zero-order valence-electron chi connectivity index (χ0n) is 23.0. The summed E-state index contributed by atoms with van der Waals surface area (Å²) < 4.78 is 1.88. The van der Waals surface area contributed by atoms with Gasteiger partial charge in [-0.25, -0.2) is 9.67 Å². The first kappa shape index (κ1) is 32.0. The van der Waals surface area contributed by atoms with Gasteiger partial charge in [-0.1, -0.05) is 33.3 Å². The highest BCUT2D eigenvalue weighted by Crippen LogP contribution is 2.35. The number of piperazine rings is 1. The maximum Gasteiger partial charge on any atom is 0.248 e. The van der Waals surface area contributed by atoms with Gasteiger partial charge in [-0.3, -0.25) is 14.5 Å². The van der Waals surface area contributed by atoms with Crippen LogP contribution < -0.4 is 5.32 Å². The topological polar surface area (TPSA) is 104 Å². The van der Waals surface area contributed by atoms with Gasteiger partial charge in [0.1, 0.15) is 11.6 Å². The number of aliphatic hydroxyl groups is 1. The summed E-state index contributed by atoms with van der Waals surface area (Å²) in [6.07, 6.45) is 3.78. The van der Waals surface area contributed by atoms with E-state index in [9.17, 15) is 14.7 Å². The fraction of sp³-hybridized carbons (Fsp3) is 0.630. The highest BCUT2D eigenvalue weighted by atomic mass is 35.5. The number of nitrogens with one attached hydrogen (secondary N) is 1. The number of rotatable bonds is 8. The van der Waals surface area contributed by atoms with Crippen molar-refractivity contribution in [2.45, 2.75) is 84.5 Å². The van der Waals surface area contributed by atoms with Gasteiger partial charge >= 0.3 is 0 Å². The Labute approximate surface area is 238 Å². The SMILES string of the molecule is CCCCN1C(=O)[C@@H]([C@H](O)C(C)C)NC(=O)C12CCN(Cc1c(C)nn(-c3ccccn3)c1C)CC2.Cl.Cl. The number of amides is 2. The minimum absolute atomic E-state index is 0. The Bertz CT molecular complexity index is 1090. The molecule has 2 amide bonds. The number of carbonyl (C=O) groups is 2. The largest absolute Gasteiger partial charge is 0.390 e. The van der Waals surface area contributed by atoms with E-state index in [1.54, 1.807) is 11.1 Å². The summed E-state index contributed by atoms with van der Waals surface area (Å²) in [6, 6.07) is 4.91. The van der Waals surface area contributed by atoms with Crippen molar-refractivity contribution in [2.24, 2.45) is 5.92 Å². The summed E-state index contributed by atoms with van der Waals surface area (Å²) in [7, 11) is 0. The summed E-state index contributed by atoms with van der Waals surface area (Å²) in [5.74, 6) is 0.393. The standard InChI is InChI=1S/C27H40N6O3.2ClH/c1-6-7-14-32-25(35)23(24(34)18(2)3)29-26(36)27(32)11-15-31(16-12-27)17-21-19(4)30-33(20(21)5)22-10-8-9-13-28-22;;/h8-10,13,18,23-24,34H,6-7,11-12,14-17H2,1-5H3,(H,29,36);2*1H/t23-,24-;;/m1../s1. The number of unbranched alkanes of at least 4 members (excludes halogenated alkanes) is 1. The average molecular weight is 570 g/mol. The van der Waals surface area contributed by atoms with Gasteiger partial charge < -0.3 is 15.3 Å². The van der Waals surface area contributed by atoms with Gasteiger partial charge in [0.05, 0.1) is 11.8 Å². The number of aromatic nitrogens is 3. The number of halogens is 2. The number of carbonyl (C=O) groups excluding carboxylic acids is 2. The fourth-order valence-electron chi connectivity index (χ4n) is 5.50. The zero-order chi connectivity index (χ0) is 26.0.